The number of ether oxygens (including phenoxy) is 1. The van der Waals surface area contributed by atoms with Gasteiger partial charge in [0, 0.05) is 3.57 Å². The van der Waals surface area contributed by atoms with Crippen LogP contribution in [0, 0.1) is 3.57 Å². The summed E-state index contributed by atoms with van der Waals surface area (Å²) in [6.07, 6.45) is 0. The monoisotopic (exact) mass is 382 g/mol. The maximum Gasteiger partial charge on any atom is 0.534 e. The molecule has 0 amide bonds. The normalized spacial score (nSPS) is 12.3. The summed E-state index contributed by atoms with van der Waals surface area (Å²) in [5.41, 5.74) is -5.47. The predicted molar refractivity (Wildman–Crippen MR) is 61.3 cm³/mol. The molecule has 0 N–H and O–H groups in total. The van der Waals surface area contributed by atoms with Gasteiger partial charge < -0.3 is 8.92 Å². The first kappa shape index (κ1) is 14.4. The Labute approximate surface area is 109 Å². The van der Waals surface area contributed by atoms with Gasteiger partial charge >= 0.3 is 15.6 Å². The summed E-state index contributed by atoms with van der Waals surface area (Å²) >= 11 is 1.80. The van der Waals surface area contributed by atoms with Crippen LogP contribution in [0.25, 0.3) is 0 Å². The van der Waals surface area contributed by atoms with Crippen LogP contribution in [0.3, 0.4) is 0 Å². The molecule has 0 radical (unpaired) electrons. The van der Waals surface area contributed by atoms with E-state index in [4.69, 9.17) is 4.74 Å². The second kappa shape index (κ2) is 4.88. The van der Waals surface area contributed by atoms with E-state index in [1.807, 2.05) is 0 Å². The Kier molecular flexibility index (Phi) is 4.12. The van der Waals surface area contributed by atoms with Crippen LogP contribution in [0.5, 0.6) is 11.5 Å². The molecule has 0 saturated carbocycles. The van der Waals surface area contributed by atoms with Crippen molar-refractivity contribution in [2.75, 3.05) is 7.11 Å². The average Bonchev–Trinajstić information content (AvgIpc) is 2.15. The molecule has 0 fully saturated rings. The van der Waals surface area contributed by atoms with Crippen molar-refractivity contribution in [1.29, 1.82) is 0 Å². The minimum absolute atomic E-state index is 0.0989. The van der Waals surface area contributed by atoms with Crippen molar-refractivity contribution in [1.82, 2.24) is 0 Å². The van der Waals surface area contributed by atoms with Crippen LogP contribution in [-0.2, 0) is 10.1 Å². The highest BCUT2D eigenvalue weighted by Crippen LogP contribution is 2.33. The molecule has 17 heavy (non-hydrogen) atoms. The topological polar surface area (TPSA) is 52.6 Å². The van der Waals surface area contributed by atoms with E-state index in [2.05, 4.69) is 4.18 Å². The first-order valence-electron chi connectivity index (χ1n) is 4.01. The molecule has 0 aliphatic carbocycles. The number of alkyl halides is 3. The van der Waals surface area contributed by atoms with Gasteiger partial charge in [0.1, 0.15) is 0 Å². The van der Waals surface area contributed by atoms with Crippen molar-refractivity contribution in [2.24, 2.45) is 0 Å². The minimum Gasteiger partial charge on any atom is -0.493 e. The highest BCUT2D eigenvalue weighted by molar-refractivity contribution is 14.1. The van der Waals surface area contributed by atoms with Crippen LogP contribution in [0.15, 0.2) is 18.2 Å². The number of halogens is 4. The standard InChI is InChI=1S/C8H6F3IO4S/c1-15-6-3-2-5(12)4-7(6)16-17(13,14)8(9,10)11/h2-4H,1H3. The average molecular weight is 382 g/mol. The molecule has 96 valence electrons. The second-order valence-corrected chi connectivity index (χ2v) is 5.56. The maximum atomic E-state index is 12.1. The lowest BCUT2D eigenvalue weighted by Gasteiger charge is -2.12. The second-order valence-electron chi connectivity index (χ2n) is 2.78. The van der Waals surface area contributed by atoms with Crippen molar-refractivity contribution >= 4 is 32.7 Å². The first-order chi connectivity index (χ1) is 7.67. The van der Waals surface area contributed by atoms with E-state index in [-0.39, 0.29) is 5.75 Å². The Morgan fingerprint density at radius 3 is 2.29 bits per heavy atom. The molecule has 0 spiro atoms. The largest absolute Gasteiger partial charge is 0.534 e. The van der Waals surface area contributed by atoms with E-state index in [1.165, 1.54) is 19.2 Å². The smallest absolute Gasteiger partial charge is 0.493 e. The van der Waals surface area contributed by atoms with Gasteiger partial charge in [-0.2, -0.15) is 21.6 Å². The fourth-order valence-corrected chi connectivity index (χ4v) is 1.80. The number of hydrogen-bond donors (Lipinski definition) is 0. The summed E-state index contributed by atoms with van der Waals surface area (Å²) in [6, 6.07) is 3.97. The number of benzene rings is 1. The third-order valence-corrected chi connectivity index (χ3v) is 3.25. The summed E-state index contributed by atoms with van der Waals surface area (Å²) in [5, 5.41) is 0. The van der Waals surface area contributed by atoms with Crippen LogP contribution in [-0.4, -0.2) is 21.0 Å². The van der Waals surface area contributed by atoms with Gasteiger partial charge in [-0.05, 0) is 40.8 Å². The fourth-order valence-electron chi connectivity index (χ4n) is 0.881. The Morgan fingerprint density at radius 2 is 1.82 bits per heavy atom. The van der Waals surface area contributed by atoms with E-state index in [1.54, 1.807) is 22.6 Å². The van der Waals surface area contributed by atoms with E-state index >= 15 is 0 Å². The molecule has 0 heterocycles. The molecule has 1 aromatic carbocycles. The summed E-state index contributed by atoms with van der Waals surface area (Å²) in [5.74, 6) is -0.602. The lowest BCUT2D eigenvalue weighted by molar-refractivity contribution is -0.0500. The zero-order chi connectivity index (χ0) is 13.3. The van der Waals surface area contributed by atoms with Gasteiger partial charge in [-0.15, -0.1) is 0 Å². The highest BCUT2D eigenvalue weighted by atomic mass is 127. The van der Waals surface area contributed by atoms with E-state index < -0.39 is 21.4 Å². The van der Waals surface area contributed by atoms with Crippen LogP contribution in [0.1, 0.15) is 0 Å². The predicted octanol–water partition coefficient (Wildman–Crippen LogP) is 2.53. The van der Waals surface area contributed by atoms with Gasteiger partial charge in [0.2, 0.25) is 0 Å². The molecule has 9 heteroatoms. The van der Waals surface area contributed by atoms with E-state index in [0.717, 1.165) is 6.07 Å². The van der Waals surface area contributed by atoms with E-state index in [0.29, 0.717) is 3.57 Å². The zero-order valence-electron chi connectivity index (χ0n) is 8.29. The van der Waals surface area contributed by atoms with Gasteiger partial charge in [-0.3, -0.25) is 0 Å². The summed E-state index contributed by atoms with van der Waals surface area (Å²) in [6.45, 7) is 0. The third-order valence-electron chi connectivity index (χ3n) is 1.61. The Bertz CT molecular complexity index is 512. The maximum absolute atomic E-state index is 12.1. The minimum atomic E-state index is -5.68. The molecule has 0 aliphatic rings. The molecule has 0 bridgehead atoms. The quantitative estimate of drug-likeness (QED) is 0.458. The summed E-state index contributed by atoms with van der Waals surface area (Å²) < 4.78 is 67.1. The molecule has 0 aromatic heterocycles. The van der Waals surface area contributed by atoms with Gasteiger partial charge in [0.25, 0.3) is 0 Å². The number of rotatable bonds is 3. The lowest BCUT2D eigenvalue weighted by Crippen LogP contribution is -2.28. The molecule has 0 aliphatic heterocycles. The van der Waals surface area contributed by atoms with Crippen LogP contribution >= 0.6 is 22.6 Å². The van der Waals surface area contributed by atoms with Crippen LogP contribution < -0.4 is 8.92 Å². The fraction of sp³-hybridized carbons (Fsp3) is 0.250. The molecule has 0 unspecified atom stereocenters. The molecule has 1 aromatic rings. The van der Waals surface area contributed by atoms with Gasteiger partial charge in [0.05, 0.1) is 7.11 Å². The third kappa shape index (κ3) is 3.37. The van der Waals surface area contributed by atoms with Crippen molar-refractivity contribution in [3.05, 3.63) is 21.8 Å². The first-order valence-corrected chi connectivity index (χ1v) is 6.50. The van der Waals surface area contributed by atoms with Crippen molar-refractivity contribution in [3.63, 3.8) is 0 Å². The Balaban J connectivity index is 3.16. The number of methoxy groups -OCH3 is 1. The summed E-state index contributed by atoms with van der Waals surface area (Å²) in [7, 11) is -4.49. The highest BCUT2D eigenvalue weighted by Gasteiger charge is 2.48. The van der Waals surface area contributed by atoms with Crippen LogP contribution in [0.2, 0.25) is 0 Å². The molecular formula is C8H6F3IO4S. The molecule has 1 rings (SSSR count). The Morgan fingerprint density at radius 1 is 1.24 bits per heavy atom. The van der Waals surface area contributed by atoms with Crippen molar-refractivity contribution < 1.29 is 30.5 Å². The molecule has 0 atom stereocenters. The molecule has 0 saturated heterocycles. The van der Waals surface area contributed by atoms with Gasteiger partial charge in [0.15, 0.2) is 11.5 Å². The van der Waals surface area contributed by atoms with Gasteiger partial charge in [-0.25, -0.2) is 0 Å². The van der Waals surface area contributed by atoms with E-state index in [9.17, 15) is 21.6 Å². The zero-order valence-corrected chi connectivity index (χ0v) is 11.3. The molecule has 4 nitrogen and oxygen atoms in total. The van der Waals surface area contributed by atoms with Gasteiger partial charge in [-0.1, -0.05) is 0 Å². The lowest BCUT2D eigenvalue weighted by atomic mass is 10.3. The van der Waals surface area contributed by atoms with Crippen molar-refractivity contribution in [3.8, 4) is 11.5 Å². The summed E-state index contributed by atoms with van der Waals surface area (Å²) in [4.78, 5) is 0. The molecular weight excluding hydrogens is 376 g/mol. The van der Waals surface area contributed by atoms with Crippen molar-refractivity contribution in [2.45, 2.75) is 5.51 Å². The number of hydrogen-bond acceptors (Lipinski definition) is 4. The van der Waals surface area contributed by atoms with Crippen LogP contribution in [0.4, 0.5) is 13.2 Å². The Hall–Kier alpha value is -0.710. The SMILES string of the molecule is COc1ccc(I)cc1OS(=O)(=O)C(F)(F)F.